The highest BCUT2D eigenvalue weighted by Gasteiger charge is 2.13. The fraction of sp³-hybridized carbons (Fsp3) is 0.231. The van der Waals surface area contributed by atoms with E-state index in [0.717, 1.165) is 28.2 Å². The molecule has 2 aromatic rings. The van der Waals surface area contributed by atoms with E-state index in [2.05, 4.69) is 4.98 Å². The highest BCUT2D eigenvalue weighted by molar-refractivity contribution is 7.11. The zero-order valence-corrected chi connectivity index (χ0v) is 11.0. The molecule has 0 aliphatic carbocycles. The van der Waals surface area contributed by atoms with Crippen LogP contribution in [-0.4, -0.2) is 22.7 Å². The molecule has 1 N–H and O–H groups in total. The first kappa shape index (κ1) is 12.6. The van der Waals surface area contributed by atoms with Crippen molar-refractivity contribution in [3.8, 4) is 17.0 Å². The third-order valence-electron chi connectivity index (χ3n) is 2.40. The van der Waals surface area contributed by atoms with Crippen molar-refractivity contribution >= 4 is 17.3 Å². The summed E-state index contributed by atoms with van der Waals surface area (Å²) in [6.45, 7) is 4.45. The lowest BCUT2D eigenvalue weighted by atomic mass is 10.1. The maximum atomic E-state index is 10.8. The quantitative estimate of drug-likeness (QED) is 0.920. The van der Waals surface area contributed by atoms with Crippen molar-refractivity contribution in [3.63, 3.8) is 0 Å². The van der Waals surface area contributed by atoms with Crippen LogP contribution >= 0.6 is 11.3 Å². The van der Waals surface area contributed by atoms with Gasteiger partial charge in [-0.05, 0) is 26.0 Å². The molecular weight excluding hydrogens is 250 g/mol. The molecule has 0 saturated carbocycles. The third kappa shape index (κ3) is 2.51. The summed E-state index contributed by atoms with van der Waals surface area (Å²) in [7, 11) is 0. The number of carboxylic acid groups (broad SMARTS) is 1. The normalized spacial score (nSPS) is 10.3. The Kier molecular flexibility index (Phi) is 3.62. The summed E-state index contributed by atoms with van der Waals surface area (Å²) >= 11 is 1.12. The van der Waals surface area contributed by atoms with Crippen molar-refractivity contribution in [2.24, 2.45) is 0 Å². The molecule has 2 rings (SSSR count). The van der Waals surface area contributed by atoms with Crippen LogP contribution in [0.2, 0.25) is 0 Å². The minimum Gasteiger partial charge on any atom is -0.493 e. The van der Waals surface area contributed by atoms with Crippen LogP contribution in [0.1, 0.15) is 22.3 Å². The maximum absolute atomic E-state index is 10.8. The van der Waals surface area contributed by atoms with Crippen LogP contribution in [0.15, 0.2) is 23.6 Å². The highest BCUT2D eigenvalue weighted by Crippen LogP contribution is 2.31. The first-order chi connectivity index (χ1) is 8.61. The summed E-state index contributed by atoms with van der Waals surface area (Å²) in [5, 5.41) is 10.7. The standard InChI is InChI=1S/C13H13NO3S/c1-3-17-11-5-4-8(2)6-9(11)10-7-18-12(14-10)13(15)16/h4-7H,3H2,1-2H3,(H,15,16). The van der Waals surface area contributed by atoms with Gasteiger partial charge in [-0.1, -0.05) is 11.6 Å². The van der Waals surface area contributed by atoms with Crippen LogP contribution in [0, 0.1) is 6.92 Å². The second-order valence-electron chi connectivity index (χ2n) is 3.78. The number of hydrogen-bond acceptors (Lipinski definition) is 4. The van der Waals surface area contributed by atoms with Crippen LogP contribution in [0.3, 0.4) is 0 Å². The average Bonchev–Trinajstić information content (AvgIpc) is 2.81. The van der Waals surface area contributed by atoms with Gasteiger partial charge < -0.3 is 9.84 Å². The van der Waals surface area contributed by atoms with Gasteiger partial charge in [0.15, 0.2) is 0 Å². The predicted octanol–water partition coefficient (Wildman–Crippen LogP) is 3.22. The smallest absolute Gasteiger partial charge is 0.365 e. The number of aryl methyl sites for hydroxylation is 1. The summed E-state index contributed by atoms with van der Waals surface area (Å²) in [5.74, 6) is -0.276. The molecule has 1 aromatic heterocycles. The Labute approximate surface area is 109 Å². The molecule has 0 unspecified atom stereocenters. The fourth-order valence-electron chi connectivity index (χ4n) is 1.62. The van der Waals surface area contributed by atoms with Gasteiger partial charge in [0.1, 0.15) is 5.75 Å². The zero-order chi connectivity index (χ0) is 13.1. The molecule has 0 aliphatic heterocycles. The van der Waals surface area contributed by atoms with Gasteiger partial charge in [0.25, 0.3) is 0 Å². The number of hydrogen-bond donors (Lipinski definition) is 1. The van der Waals surface area contributed by atoms with E-state index in [9.17, 15) is 4.79 Å². The Balaban J connectivity index is 2.47. The van der Waals surface area contributed by atoms with Crippen LogP contribution in [-0.2, 0) is 0 Å². The van der Waals surface area contributed by atoms with E-state index in [1.54, 1.807) is 5.38 Å². The number of thiazole rings is 1. The van der Waals surface area contributed by atoms with Gasteiger partial charge in [0.2, 0.25) is 5.01 Å². The van der Waals surface area contributed by atoms with Gasteiger partial charge in [-0.2, -0.15) is 0 Å². The van der Waals surface area contributed by atoms with E-state index < -0.39 is 5.97 Å². The van der Waals surface area contributed by atoms with E-state index >= 15 is 0 Å². The van der Waals surface area contributed by atoms with Crippen molar-refractivity contribution in [1.29, 1.82) is 0 Å². The van der Waals surface area contributed by atoms with Crippen molar-refractivity contribution in [3.05, 3.63) is 34.2 Å². The monoisotopic (exact) mass is 263 g/mol. The molecular formula is C13H13NO3S. The van der Waals surface area contributed by atoms with Gasteiger partial charge in [-0.25, -0.2) is 9.78 Å². The second-order valence-corrected chi connectivity index (χ2v) is 4.63. The molecule has 1 heterocycles. The SMILES string of the molecule is CCOc1ccc(C)cc1-c1csc(C(=O)O)n1. The molecule has 4 nitrogen and oxygen atoms in total. The molecule has 0 atom stereocenters. The van der Waals surface area contributed by atoms with Crippen molar-refractivity contribution < 1.29 is 14.6 Å². The molecule has 94 valence electrons. The average molecular weight is 263 g/mol. The van der Waals surface area contributed by atoms with Gasteiger partial charge in [0, 0.05) is 10.9 Å². The largest absolute Gasteiger partial charge is 0.493 e. The van der Waals surface area contributed by atoms with Crippen molar-refractivity contribution in [2.75, 3.05) is 6.61 Å². The van der Waals surface area contributed by atoms with Gasteiger partial charge >= 0.3 is 5.97 Å². The lowest BCUT2D eigenvalue weighted by Gasteiger charge is -2.09. The Morgan fingerprint density at radius 1 is 1.50 bits per heavy atom. The molecule has 1 aromatic carbocycles. The highest BCUT2D eigenvalue weighted by atomic mass is 32.1. The Bertz CT molecular complexity index is 577. The number of ether oxygens (including phenoxy) is 1. The summed E-state index contributed by atoms with van der Waals surface area (Å²) in [6.07, 6.45) is 0. The van der Waals surface area contributed by atoms with E-state index in [-0.39, 0.29) is 5.01 Å². The zero-order valence-electron chi connectivity index (χ0n) is 10.1. The summed E-state index contributed by atoms with van der Waals surface area (Å²) < 4.78 is 5.53. The number of carbonyl (C=O) groups is 1. The first-order valence-electron chi connectivity index (χ1n) is 5.54. The van der Waals surface area contributed by atoms with Crippen LogP contribution in [0.5, 0.6) is 5.75 Å². The second kappa shape index (κ2) is 5.18. The van der Waals surface area contributed by atoms with Gasteiger partial charge in [0.05, 0.1) is 12.3 Å². The molecule has 0 spiro atoms. The van der Waals surface area contributed by atoms with Gasteiger partial charge in [-0.3, -0.25) is 0 Å². The van der Waals surface area contributed by atoms with Crippen LogP contribution < -0.4 is 4.74 Å². The van der Waals surface area contributed by atoms with Crippen LogP contribution in [0.25, 0.3) is 11.3 Å². The van der Waals surface area contributed by atoms with Crippen molar-refractivity contribution in [1.82, 2.24) is 4.98 Å². The Morgan fingerprint density at radius 2 is 2.28 bits per heavy atom. The molecule has 5 heteroatoms. The van der Waals surface area contributed by atoms with E-state index in [1.807, 2.05) is 32.0 Å². The van der Waals surface area contributed by atoms with Crippen LogP contribution in [0.4, 0.5) is 0 Å². The number of rotatable bonds is 4. The molecule has 0 radical (unpaired) electrons. The van der Waals surface area contributed by atoms with E-state index in [4.69, 9.17) is 9.84 Å². The number of benzene rings is 1. The molecule has 0 aliphatic rings. The molecule has 0 fully saturated rings. The van der Waals surface area contributed by atoms with Gasteiger partial charge in [-0.15, -0.1) is 11.3 Å². The number of carboxylic acids is 1. The Morgan fingerprint density at radius 3 is 2.89 bits per heavy atom. The third-order valence-corrected chi connectivity index (χ3v) is 3.23. The minimum absolute atomic E-state index is 0.0916. The molecule has 0 amide bonds. The summed E-state index contributed by atoms with van der Waals surface area (Å²) in [5.41, 5.74) is 2.56. The maximum Gasteiger partial charge on any atom is 0.365 e. The fourth-order valence-corrected chi connectivity index (χ4v) is 2.28. The topological polar surface area (TPSA) is 59.4 Å². The number of aromatic carboxylic acids is 1. The minimum atomic E-state index is -1.00. The molecule has 0 bridgehead atoms. The van der Waals surface area contributed by atoms with E-state index in [1.165, 1.54) is 0 Å². The lowest BCUT2D eigenvalue weighted by molar-refractivity contribution is 0.0696. The van der Waals surface area contributed by atoms with Crippen molar-refractivity contribution in [2.45, 2.75) is 13.8 Å². The number of nitrogens with zero attached hydrogens (tertiary/aromatic N) is 1. The number of aromatic nitrogens is 1. The molecule has 18 heavy (non-hydrogen) atoms. The summed E-state index contributed by atoms with van der Waals surface area (Å²) in [6, 6.07) is 5.79. The lowest BCUT2D eigenvalue weighted by Crippen LogP contribution is -1.97. The first-order valence-corrected chi connectivity index (χ1v) is 6.42. The molecule has 0 saturated heterocycles. The predicted molar refractivity (Wildman–Crippen MR) is 70.4 cm³/mol. The van der Waals surface area contributed by atoms with E-state index in [0.29, 0.717) is 12.3 Å². The summed E-state index contributed by atoms with van der Waals surface area (Å²) in [4.78, 5) is 14.9. The Hall–Kier alpha value is -1.88.